The second-order valence-electron chi connectivity index (χ2n) is 4.31. The first kappa shape index (κ1) is 14.9. The van der Waals surface area contributed by atoms with Crippen LogP contribution in [-0.2, 0) is 14.2 Å². The molecule has 112 valence electrons. The number of anilines is 1. The molecule has 4 atom stereocenters. The zero-order chi connectivity index (χ0) is 14.9. The van der Waals surface area contributed by atoms with Gasteiger partial charge in [-0.15, -0.1) is 0 Å². The highest BCUT2D eigenvalue weighted by molar-refractivity contribution is 5.26. The number of nitrogen functional groups attached to an aromatic ring is 1. The van der Waals surface area contributed by atoms with Crippen LogP contribution in [0, 0.1) is 5.82 Å². The molecule has 0 amide bonds. The summed E-state index contributed by atoms with van der Waals surface area (Å²) in [7, 11) is 2.83. The second-order valence-corrected chi connectivity index (χ2v) is 4.31. The van der Waals surface area contributed by atoms with Crippen LogP contribution in [0.25, 0.3) is 0 Å². The van der Waals surface area contributed by atoms with Crippen molar-refractivity contribution in [3.8, 4) is 0 Å². The molecule has 3 N–H and O–H groups in total. The van der Waals surface area contributed by atoms with Crippen LogP contribution in [0.2, 0.25) is 0 Å². The monoisotopic (exact) mass is 289 g/mol. The van der Waals surface area contributed by atoms with Gasteiger partial charge in [-0.05, 0) is 0 Å². The van der Waals surface area contributed by atoms with Crippen molar-refractivity contribution >= 4 is 5.82 Å². The maximum atomic E-state index is 13.5. The molecule has 1 aliphatic heterocycles. The Morgan fingerprint density at radius 2 is 2.15 bits per heavy atom. The second kappa shape index (κ2) is 5.83. The fourth-order valence-corrected chi connectivity index (χ4v) is 2.25. The highest BCUT2D eigenvalue weighted by Crippen LogP contribution is 2.32. The van der Waals surface area contributed by atoms with E-state index in [2.05, 4.69) is 4.98 Å². The zero-order valence-corrected chi connectivity index (χ0v) is 11.0. The van der Waals surface area contributed by atoms with E-state index in [1.807, 2.05) is 0 Å². The third kappa shape index (κ3) is 2.40. The van der Waals surface area contributed by atoms with E-state index in [0.717, 1.165) is 10.8 Å². The van der Waals surface area contributed by atoms with Crippen LogP contribution < -0.4 is 11.4 Å². The van der Waals surface area contributed by atoms with Gasteiger partial charge in [-0.25, -0.2) is 9.18 Å². The summed E-state index contributed by atoms with van der Waals surface area (Å²) in [6.07, 6.45) is -2.05. The minimum absolute atomic E-state index is 0.325. The van der Waals surface area contributed by atoms with Crippen molar-refractivity contribution in [2.24, 2.45) is 0 Å². The van der Waals surface area contributed by atoms with E-state index in [0.29, 0.717) is 0 Å². The third-order valence-corrected chi connectivity index (χ3v) is 3.22. The van der Waals surface area contributed by atoms with Gasteiger partial charge < -0.3 is 25.1 Å². The quantitative estimate of drug-likeness (QED) is 0.723. The highest BCUT2D eigenvalue weighted by Gasteiger charge is 2.46. The van der Waals surface area contributed by atoms with Gasteiger partial charge in [-0.3, -0.25) is 4.57 Å². The van der Waals surface area contributed by atoms with Crippen molar-refractivity contribution in [3.05, 3.63) is 22.5 Å². The van der Waals surface area contributed by atoms with E-state index >= 15 is 0 Å². The standard InChI is InChI=1S/C11H16FN3O5/c1-18-7-6(4-16)20-10(8(7)19-2)15-3-5(12)9(13)14-11(15)17/h3,6-8,10,16H,4H2,1-2H3,(H2,13,14,17)/t6-,7-,8-,10-/m1/s1. The molecule has 0 bridgehead atoms. The average molecular weight is 289 g/mol. The molecule has 8 nitrogen and oxygen atoms in total. The molecule has 2 rings (SSSR count). The van der Waals surface area contributed by atoms with E-state index in [4.69, 9.17) is 19.9 Å². The number of hydrogen-bond donors (Lipinski definition) is 2. The molecule has 1 aliphatic rings. The predicted molar refractivity (Wildman–Crippen MR) is 65.5 cm³/mol. The SMILES string of the molecule is CO[C@@H]1[C@H](OC)[C@@H](CO)O[C@H]1n1cc(F)c(N)nc1=O. The molecule has 1 aromatic heterocycles. The number of nitrogens with two attached hydrogens (primary N) is 1. The molecule has 1 saturated heterocycles. The van der Waals surface area contributed by atoms with Crippen LogP contribution in [0.1, 0.15) is 6.23 Å². The smallest absolute Gasteiger partial charge is 0.351 e. The number of aliphatic hydroxyl groups excluding tert-OH is 1. The van der Waals surface area contributed by atoms with E-state index < -0.39 is 41.9 Å². The lowest BCUT2D eigenvalue weighted by atomic mass is 10.1. The number of aliphatic hydroxyl groups is 1. The molecule has 2 heterocycles. The number of methoxy groups -OCH3 is 2. The summed E-state index contributed by atoms with van der Waals surface area (Å²) < 4.78 is 30.3. The lowest BCUT2D eigenvalue weighted by Gasteiger charge is -2.22. The van der Waals surface area contributed by atoms with Crippen LogP contribution in [-0.4, -0.2) is 53.8 Å². The summed E-state index contributed by atoms with van der Waals surface area (Å²) in [5.74, 6) is -1.33. The van der Waals surface area contributed by atoms with E-state index in [-0.39, 0.29) is 6.61 Å². The zero-order valence-electron chi connectivity index (χ0n) is 11.0. The van der Waals surface area contributed by atoms with Gasteiger partial charge in [0.15, 0.2) is 17.9 Å². The molecule has 0 spiro atoms. The Labute approximate surface area is 113 Å². The maximum Gasteiger partial charge on any atom is 0.351 e. The van der Waals surface area contributed by atoms with Gasteiger partial charge in [0.25, 0.3) is 0 Å². The van der Waals surface area contributed by atoms with E-state index in [1.54, 1.807) is 0 Å². The Morgan fingerprint density at radius 1 is 1.50 bits per heavy atom. The molecule has 9 heteroatoms. The van der Waals surface area contributed by atoms with Crippen LogP contribution in [0.15, 0.2) is 11.0 Å². The third-order valence-electron chi connectivity index (χ3n) is 3.22. The van der Waals surface area contributed by atoms with Crippen molar-refractivity contribution in [2.75, 3.05) is 26.6 Å². The number of hydrogen-bond acceptors (Lipinski definition) is 7. The summed E-state index contributed by atoms with van der Waals surface area (Å²) in [5, 5.41) is 9.26. The van der Waals surface area contributed by atoms with Gasteiger partial charge >= 0.3 is 5.69 Å². The Balaban J connectivity index is 2.41. The number of rotatable bonds is 4. The number of nitrogens with zero attached hydrogens (tertiary/aromatic N) is 2. The molecule has 20 heavy (non-hydrogen) atoms. The number of ether oxygens (including phenoxy) is 3. The average Bonchev–Trinajstić information content (AvgIpc) is 2.80. The molecular weight excluding hydrogens is 273 g/mol. The van der Waals surface area contributed by atoms with Gasteiger partial charge in [0.2, 0.25) is 0 Å². The predicted octanol–water partition coefficient (Wildman–Crippen LogP) is -1.12. The topological polar surface area (TPSA) is 109 Å². The van der Waals surface area contributed by atoms with Crippen LogP contribution in [0.5, 0.6) is 0 Å². The van der Waals surface area contributed by atoms with Crippen LogP contribution >= 0.6 is 0 Å². The summed E-state index contributed by atoms with van der Waals surface area (Å²) in [5.41, 5.74) is 4.45. The highest BCUT2D eigenvalue weighted by atomic mass is 19.1. The summed E-state index contributed by atoms with van der Waals surface area (Å²) in [6, 6.07) is 0. The normalized spacial score (nSPS) is 29.8. The lowest BCUT2D eigenvalue weighted by Crippen LogP contribution is -2.38. The molecular formula is C11H16FN3O5. The van der Waals surface area contributed by atoms with Gasteiger partial charge in [-0.2, -0.15) is 4.98 Å². The lowest BCUT2D eigenvalue weighted by molar-refractivity contribution is -0.0628. The minimum atomic E-state index is -0.961. The largest absolute Gasteiger partial charge is 0.394 e. The molecule has 0 radical (unpaired) electrons. The maximum absolute atomic E-state index is 13.5. The first-order chi connectivity index (χ1) is 9.53. The molecule has 1 aromatic rings. The first-order valence-electron chi connectivity index (χ1n) is 5.89. The Kier molecular flexibility index (Phi) is 4.33. The number of aromatic nitrogens is 2. The molecule has 0 aromatic carbocycles. The van der Waals surface area contributed by atoms with Crippen LogP contribution in [0.3, 0.4) is 0 Å². The van der Waals surface area contributed by atoms with Crippen LogP contribution in [0.4, 0.5) is 10.2 Å². The van der Waals surface area contributed by atoms with Crippen molar-refractivity contribution in [1.82, 2.24) is 9.55 Å². The molecule has 1 fully saturated rings. The summed E-state index contributed by atoms with van der Waals surface area (Å²) >= 11 is 0. The van der Waals surface area contributed by atoms with Gasteiger partial charge in [0.1, 0.15) is 18.3 Å². The summed E-state index contributed by atoms with van der Waals surface area (Å²) in [4.78, 5) is 15.2. The van der Waals surface area contributed by atoms with Crippen molar-refractivity contribution in [1.29, 1.82) is 0 Å². The van der Waals surface area contributed by atoms with Crippen molar-refractivity contribution in [2.45, 2.75) is 24.5 Å². The fraction of sp³-hybridized carbons (Fsp3) is 0.636. The van der Waals surface area contributed by atoms with Gasteiger partial charge in [0, 0.05) is 14.2 Å². The van der Waals surface area contributed by atoms with Gasteiger partial charge in [0.05, 0.1) is 12.8 Å². The van der Waals surface area contributed by atoms with E-state index in [9.17, 15) is 14.3 Å². The molecule has 0 saturated carbocycles. The molecule has 0 aliphatic carbocycles. The minimum Gasteiger partial charge on any atom is -0.394 e. The fourth-order valence-electron chi connectivity index (χ4n) is 2.25. The number of halogens is 1. The Hall–Kier alpha value is -1.55. The Morgan fingerprint density at radius 3 is 2.70 bits per heavy atom. The Bertz CT molecular complexity index is 537. The van der Waals surface area contributed by atoms with Crippen molar-refractivity contribution < 1.29 is 23.7 Å². The van der Waals surface area contributed by atoms with E-state index in [1.165, 1.54) is 14.2 Å². The van der Waals surface area contributed by atoms with Gasteiger partial charge in [-0.1, -0.05) is 0 Å². The first-order valence-corrected chi connectivity index (χ1v) is 5.89. The molecule has 0 unspecified atom stereocenters. The summed E-state index contributed by atoms with van der Waals surface area (Å²) in [6.45, 7) is -0.325. The van der Waals surface area contributed by atoms with Crippen molar-refractivity contribution in [3.63, 3.8) is 0 Å².